The molecule has 0 radical (unpaired) electrons. The molecule has 1 unspecified atom stereocenters. The van der Waals surface area contributed by atoms with E-state index in [2.05, 4.69) is 0 Å². The molecule has 0 N–H and O–H groups in total. The molecular formula is C22H27NO6. The Morgan fingerprint density at radius 3 is 1.90 bits per heavy atom. The highest BCUT2D eigenvalue weighted by atomic mass is 16.5. The van der Waals surface area contributed by atoms with Gasteiger partial charge in [-0.2, -0.15) is 0 Å². The Kier molecular flexibility index (Phi) is 6.17. The van der Waals surface area contributed by atoms with Crippen LogP contribution in [0.2, 0.25) is 0 Å². The van der Waals surface area contributed by atoms with Crippen molar-refractivity contribution >= 4 is 5.78 Å². The summed E-state index contributed by atoms with van der Waals surface area (Å²) in [7, 11) is 9.74. The predicted molar refractivity (Wildman–Crippen MR) is 109 cm³/mol. The molecule has 0 spiro atoms. The standard InChI is InChI=1S/C22H27NO6/c1-23-8-7-13-9-16(25-2)17(26-3)12-15(13)20(23)21(24)14-10-18(27-4)22(29-6)19(11-14)28-5/h9-12,20H,7-8H2,1-6H3. The van der Waals surface area contributed by atoms with Crippen molar-refractivity contribution in [3.8, 4) is 28.7 Å². The maximum absolute atomic E-state index is 13.6. The molecule has 3 rings (SSSR count). The topological polar surface area (TPSA) is 66.5 Å². The molecule has 0 amide bonds. The second-order valence-electron chi connectivity index (χ2n) is 6.82. The average Bonchev–Trinajstić information content (AvgIpc) is 2.76. The minimum Gasteiger partial charge on any atom is -0.493 e. The van der Waals surface area contributed by atoms with Crippen LogP contribution in [0, 0.1) is 0 Å². The minimum absolute atomic E-state index is 0.0556. The van der Waals surface area contributed by atoms with Gasteiger partial charge in [0.05, 0.1) is 41.6 Å². The SMILES string of the molecule is COc1cc2c(cc1OC)C(C(=O)c1cc(OC)c(OC)c(OC)c1)N(C)CC2. The summed E-state index contributed by atoms with van der Waals surface area (Å²) in [4.78, 5) is 15.6. The van der Waals surface area contributed by atoms with Crippen LogP contribution in [0.5, 0.6) is 28.7 Å². The van der Waals surface area contributed by atoms with Crippen LogP contribution < -0.4 is 23.7 Å². The maximum Gasteiger partial charge on any atom is 0.203 e. The number of likely N-dealkylation sites (N-methyl/N-ethyl adjacent to an activating group) is 1. The lowest BCUT2D eigenvalue weighted by Gasteiger charge is -2.34. The fraction of sp³-hybridized carbons (Fsp3) is 0.409. The first-order valence-electron chi connectivity index (χ1n) is 9.28. The fourth-order valence-electron chi connectivity index (χ4n) is 3.79. The Balaban J connectivity index is 2.11. The number of rotatable bonds is 7. The Labute approximate surface area is 171 Å². The van der Waals surface area contributed by atoms with E-state index in [1.54, 1.807) is 26.4 Å². The van der Waals surface area contributed by atoms with Crippen molar-refractivity contribution in [2.75, 3.05) is 49.1 Å². The molecule has 0 saturated heterocycles. The highest BCUT2D eigenvalue weighted by Crippen LogP contribution is 2.42. The molecule has 156 valence electrons. The molecular weight excluding hydrogens is 374 g/mol. The fourth-order valence-corrected chi connectivity index (χ4v) is 3.79. The number of ketones is 1. The molecule has 1 atom stereocenters. The first kappa shape index (κ1) is 20.8. The summed E-state index contributed by atoms with van der Waals surface area (Å²) in [6.45, 7) is 0.753. The van der Waals surface area contributed by atoms with Gasteiger partial charge in [0.1, 0.15) is 0 Å². The summed E-state index contributed by atoms with van der Waals surface area (Å²) in [5.74, 6) is 2.55. The number of ether oxygens (including phenoxy) is 5. The molecule has 1 aliphatic heterocycles. The highest BCUT2D eigenvalue weighted by molar-refractivity contribution is 6.02. The van der Waals surface area contributed by atoms with E-state index in [4.69, 9.17) is 23.7 Å². The molecule has 1 heterocycles. The zero-order valence-electron chi connectivity index (χ0n) is 17.7. The number of hydrogen-bond acceptors (Lipinski definition) is 7. The summed E-state index contributed by atoms with van der Waals surface area (Å²) < 4.78 is 27.1. The third kappa shape index (κ3) is 3.70. The number of carbonyl (C=O) groups is 1. The molecule has 2 aromatic carbocycles. The number of fused-ring (bicyclic) bond motifs is 1. The maximum atomic E-state index is 13.6. The van der Waals surface area contributed by atoms with Gasteiger partial charge in [0.15, 0.2) is 28.8 Å². The van der Waals surface area contributed by atoms with Crippen molar-refractivity contribution in [1.29, 1.82) is 0 Å². The molecule has 29 heavy (non-hydrogen) atoms. The Morgan fingerprint density at radius 2 is 1.38 bits per heavy atom. The number of benzene rings is 2. The van der Waals surface area contributed by atoms with Gasteiger partial charge in [-0.1, -0.05) is 0 Å². The van der Waals surface area contributed by atoms with Crippen molar-refractivity contribution in [2.45, 2.75) is 12.5 Å². The van der Waals surface area contributed by atoms with E-state index in [1.165, 1.54) is 21.3 Å². The largest absolute Gasteiger partial charge is 0.493 e. The van der Waals surface area contributed by atoms with Crippen molar-refractivity contribution in [2.24, 2.45) is 0 Å². The zero-order valence-corrected chi connectivity index (χ0v) is 17.7. The van der Waals surface area contributed by atoms with Crippen LogP contribution in [-0.2, 0) is 6.42 Å². The average molecular weight is 401 g/mol. The quantitative estimate of drug-likeness (QED) is 0.660. The van der Waals surface area contributed by atoms with Crippen LogP contribution in [0.15, 0.2) is 24.3 Å². The second-order valence-corrected chi connectivity index (χ2v) is 6.82. The van der Waals surface area contributed by atoms with Crippen LogP contribution in [0.25, 0.3) is 0 Å². The minimum atomic E-state index is -0.457. The molecule has 2 aromatic rings. The van der Waals surface area contributed by atoms with Gasteiger partial charge in [-0.25, -0.2) is 0 Å². The Hall–Kier alpha value is -2.93. The molecule has 0 aromatic heterocycles. The predicted octanol–water partition coefficient (Wildman–Crippen LogP) is 3.14. The Bertz CT molecular complexity index is 885. The summed E-state index contributed by atoms with van der Waals surface area (Å²) in [5, 5.41) is 0. The molecule has 0 saturated carbocycles. The molecule has 0 fully saturated rings. The number of hydrogen-bond donors (Lipinski definition) is 0. The monoisotopic (exact) mass is 401 g/mol. The van der Waals surface area contributed by atoms with Gasteiger partial charge in [0.25, 0.3) is 0 Å². The number of carbonyl (C=O) groups excluding carboxylic acids is 1. The normalized spacial score (nSPS) is 16.0. The van der Waals surface area contributed by atoms with Crippen molar-refractivity contribution in [3.05, 3.63) is 41.0 Å². The van der Waals surface area contributed by atoms with Crippen LogP contribution in [0.4, 0.5) is 0 Å². The molecule has 7 nitrogen and oxygen atoms in total. The van der Waals surface area contributed by atoms with E-state index in [-0.39, 0.29) is 5.78 Å². The molecule has 0 bridgehead atoms. The van der Waals surface area contributed by atoms with E-state index in [9.17, 15) is 4.79 Å². The van der Waals surface area contributed by atoms with Gasteiger partial charge in [-0.15, -0.1) is 0 Å². The lowest BCUT2D eigenvalue weighted by atomic mass is 9.87. The molecule has 7 heteroatoms. The van der Waals surface area contributed by atoms with Gasteiger partial charge >= 0.3 is 0 Å². The first-order valence-corrected chi connectivity index (χ1v) is 9.28. The van der Waals surface area contributed by atoms with E-state index in [1.807, 2.05) is 24.1 Å². The summed E-state index contributed by atoms with van der Waals surface area (Å²) >= 11 is 0. The van der Waals surface area contributed by atoms with Crippen LogP contribution >= 0.6 is 0 Å². The van der Waals surface area contributed by atoms with Crippen LogP contribution in [0.3, 0.4) is 0 Å². The number of nitrogens with zero attached hydrogens (tertiary/aromatic N) is 1. The summed E-state index contributed by atoms with van der Waals surface area (Å²) in [5.41, 5.74) is 2.47. The van der Waals surface area contributed by atoms with Gasteiger partial charge < -0.3 is 23.7 Å². The van der Waals surface area contributed by atoms with Crippen molar-refractivity contribution < 1.29 is 28.5 Å². The lowest BCUT2D eigenvalue weighted by Crippen LogP contribution is -2.37. The number of methoxy groups -OCH3 is 5. The number of Topliss-reactive ketones (excluding diaryl/α,β-unsaturated/α-hetero) is 1. The van der Waals surface area contributed by atoms with Gasteiger partial charge in [0, 0.05) is 12.1 Å². The first-order chi connectivity index (χ1) is 14.0. The van der Waals surface area contributed by atoms with Gasteiger partial charge in [-0.3, -0.25) is 9.69 Å². The third-order valence-corrected chi connectivity index (χ3v) is 5.31. The van der Waals surface area contributed by atoms with Crippen LogP contribution in [-0.4, -0.2) is 59.8 Å². The van der Waals surface area contributed by atoms with E-state index in [0.717, 1.165) is 24.1 Å². The van der Waals surface area contributed by atoms with Gasteiger partial charge in [0.2, 0.25) is 5.75 Å². The Morgan fingerprint density at radius 1 is 0.828 bits per heavy atom. The van der Waals surface area contributed by atoms with E-state index >= 15 is 0 Å². The van der Waals surface area contributed by atoms with Crippen molar-refractivity contribution in [1.82, 2.24) is 4.90 Å². The lowest BCUT2D eigenvalue weighted by molar-refractivity contribution is 0.0837. The third-order valence-electron chi connectivity index (χ3n) is 5.31. The second kappa shape index (κ2) is 8.61. The van der Waals surface area contributed by atoms with E-state index in [0.29, 0.717) is 34.3 Å². The van der Waals surface area contributed by atoms with Crippen molar-refractivity contribution in [3.63, 3.8) is 0 Å². The molecule has 0 aliphatic carbocycles. The van der Waals surface area contributed by atoms with Gasteiger partial charge in [-0.05, 0) is 48.9 Å². The molecule has 1 aliphatic rings. The zero-order chi connectivity index (χ0) is 21.1. The highest BCUT2D eigenvalue weighted by Gasteiger charge is 2.33. The summed E-state index contributed by atoms with van der Waals surface area (Å²) in [6, 6.07) is 6.77. The smallest absolute Gasteiger partial charge is 0.203 e. The summed E-state index contributed by atoms with van der Waals surface area (Å²) in [6.07, 6.45) is 0.825. The van der Waals surface area contributed by atoms with Crippen LogP contribution in [0.1, 0.15) is 27.5 Å². The van der Waals surface area contributed by atoms with E-state index < -0.39 is 6.04 Å².